The van der Waals surface area contributed by atoms with Crippen LogP contribution in [-0.4, -0.2) is 56.7 Å². The van der Waals surface area contributed by atoms with Gasteiger partial charge in [0.1, 0.15) is 17.0 Å². The summed E-state index contributed by atoms with van der Waals surface area (Å²) in [4.78, 5) is 42.4. The first-order valence-electron chi connectivity index (χ1n) is 15.7. The first-order valence-corrected chi connectivity index (χ1v) is 15.7. The molecule has 2 fully saturated rings. The zero-order valence-electron chi connectivity index (χ0n) is 25.5. The lowest BCUT2D eigenvalue weighted by Gasteiger charge is -2.27. The molecule has 7 rings (SSSR count). The number of hydrogen-bond acceptors (Lipinski definition) is 10. The highest BCUT2D eigenvalue weighted by Crippen LogP contribution is 2.37. The molecular formula is C34H36N6O5. The van der Waals surface area contributed by atoms with E-state index >= 15 is 0 Å². The third-order valence-electron chi connectivity index (χ3n) is 9.01. The molecule has 0 radical (unpaired) electrons. The number of carbonyl (C=O) groups excluding carboxylic acids is 1. The molecule has 1 aliphatic heterocycles. The van der Waals surface area contributed by atoms with Gasteiger partial charge in [0.25, 0.3) is 0 Å². The lowest BCUT2D eigenvalue weighted by atomic mass is 10.0. The molecule has 4 aromatic heterocycles. The fourth-order valence-corrected chi connectivity index (χ4v) is 6.40. The summed E-state index contributed by atoms with van der Waals surface area (Å²) >= 11 is 0. The van der Waals surface area contributed by atoms with Crippen LogP contribution < -0.4 is 15.6 Å². The van der Waals surface area contributed by atoms with Crippen molar-refractivity contribution in [2.45, 2.75) is 52.0 Å². The van der Waals surface area contributed by atoms with E-state index in [1.807, 2.05) is 30.9 Å². The highest BCUT2D eigenvalue weighted by atomic mass is 16.5. The summed E-state index contributed by atoms with van der Waals surface area (Å²) < 4.78 is 13.9. The third kappa shape index (κ3) is 5.52. The Morgan fingerprint density at radius 2 is 1.89 bits per heavy atom. The van der Waals surface area contributed by atoms with E-state index in [0.29, 0.717) is 66.2 Å². The predicted molar refractivity (Wildman–Crippen MR) is 173 cm³/mol. The monoisotopic (exact) mass is 608 g/mol. The van der Waals surface area contributed by atoms with Crippen molar-refractivity contribution in [2.75, 3.05) is 36.5 Å². The first-order chi connectivity index (χ1) is 21.9. The van der Waals surface area contributed by atoms with Gasteiger partial charge in [-0.15, -0.1) is 0 Å². The number of hydrogen-bond donors (Lipinski definition) is 2. The summed E-state index contributed by atoms with van der Waals surface area (Å²) in [5, 5.41) is 14.9. The van der Waals surface area contributed by atoms with E-state index in [1.54, 1.807) is 24.7 Å². The number of ketones is 1. The quantitative estimate of drug-likeness (QED) is 0.195. The van der Waals surface area contributed by atoms with Gasteiger partial charge >= 0.3 is 0 Å². The van der Waals surface area contributed by atoms with Gasteiger partial charge in [-0.3, -0.25) is 14.6 Å². The van der Waals surface area contributed by atoms with E-state index in [1.165, 1.54) is 12.1 Å². The summed E-state index contributed by atoms with van der Waals surface area (Å²) in [6.07, 6.45) is 10.1. The predicted octanol–water partition coefficient (Wildman–Crippen LogP) is 6.23. The van der Waals surface area contributed by atoms with E-state index in [2.05, 4.69) is 19.9 Å². The number of phenols is 1. The Hall–Kier alpha value is -4.77. The molecule has 2 N–H and O–H groups in total. The molecule has 45 heavy (non-hydrogen) atoms. The van der Waals surface area contributed by atoms with Crippen molar-refractivity contribution in [3.63, 3.8) is 0 Å². The standard InChI is InChI=1S/C34H36N6O5/c1-3-20(2)31(43)28-13-22-18-36-34(38-33(22)40(28)24-6-4-5-7-24)37-23-12-21(17-35-19-23)26-14-25(41)15-27-29(42)16-30(45-32(26)27)39-8-10-44-11-9-39/h12-20,24,41H,3-11H2,1-2H3,(H,36,37,38). The number of aromatic nitrogens is 4. The Kier molecular flexibility index (Phi) is 7.70. The first kappa shape index (κ1) is 29.0. The molecule has 1 saturated heterocycles. The largest absolute Gasteiger partial charge is 0.508 e. The molecule has 5 aromatic rings. The van der Waals surface area contributed by atoms with Crippen LogP contribution in [0.1, 0.15) is 62.5 Å². The van der Waals surface area contributed by atoms with Gasteiger partial charge in [0.05, 0.1) is 36.2 Å². The van der Waals surface area contributed by atoms with Crippen LogP contribution in [0, 0.1) is 5.92 Å². The van der Waals surface area contributed by atoms with Crippen LogP contribution in [0.5, 0.6) is 5.75 Å². The van der Waals surface area contributed by atoms with E-state index in [0.717, 1.165) is 43.1 Å². The molecule has 1 atom stereocenters. The summed E-state index contributed by atoms with van der Waals surface area (Å²) in [6.45, 7) is 6.34. The number of aromatic hydroxyl groups is 1. The van der Waals surface area contributed by atoms with Gasteiger partial charge in [-0.25, -0.2) is 4.98 Å². The zero-order valence-corrected chi connectivity index (χ0v) is 25.5. The Labute approximate surface area is 259 Å². The van der Waals surface area contributed by atoms with Gasteiger partial charge in [-0.2, -0.15) is 4.98 Å². The normalized spacial score (nSPS) is 16.4. The number of ether oxygens (including phenoxy) is 1. The Morgan fingerprint density at radius 1 is 1.09 bits per heavy atom. The van der Waals surface area contributed by atoms with Crippen molar-refractivity contribution in [3.05, 3.63) is 64.8 Å². The molecular weight excluding hydrogens is 572 g/mol. The molecule has 0 bridgehead atoms. The van der Waals surface area contributed by atoms with Crippen LogP contribution >= 0.6 is 0 Å². The van der Waals surface area contributed by atoms with Crippen LogP contribution in [0.2, 0.25) is 0 Å². The van der Waals surface area contributed by atoms with Crippen molar-refractivity contribution in [3.8, 4) is 16.9 Å². The van der Waals surface area contributed by atoms with Gasteiger partial charge in [-0.05, 0) is 43.5 Å². The van der Waals surface area contributed by atoms with Crippen molar-refractivity contribution in [1.29, 1.82) is 0 Å². The molecule has 0 spiro atoms. The average molecular weight is 609 g/mol. The fraction of sp³-hybridized carbons (Fsp3) is 0.382. The van der Waals surface area contributed by atoms with E-state index < -0.39 is 0 Å². The number of morpholine rings is 1. The second-order valence-corrected chi connectivity index (χ2v) is 12.0. The van der Waals surface area contributed by atoms with Gasteiger partial charge in [0.15, 0.2) is 17.1 Å². The number of benzene rings is 1. The maximum absolute atomic E-state index is 13.4. The smallest absolute Gasteiger partial charge is 0.229 e. The number of carbonyl (C=O) groups is 1. The van der Waals surface area contributed by atoms with E-state index in [4.69, 9.17) is 14.1 Å². The molecule has 1 aliphatic carbocycles. The van der Waals surface area contributed by atoms with Crippen LogP contribution in [0.3, 0.4) is 0 Å². The van der Waals surface area contributed by atoms with E-state index in [-0.39, 0.29) is 34.3 Å². The lowest BCUT2D eigenvalue weighted by molar-refractivity contribution is 0.0916. The van der Waals surface area contributed by atoms with Crippen molar-refractivity contribution >= 4 is 45.3 Å². The molecule has 232 valence electrons. The van der Waals surface area contributed by atoms with E-state index in [9.17, 15) is 14.7 Å². The maximum Gasteiger partial charge on any atom is 0.229 e. The van der Waals surface area contributed by atoms with Crippen molar-refractivity contribution in [2.24, 2.45) is 5.92 Å². The lowest BCUT2D eigenvalue weighted by Crippen LogP contribution is -2.36. The number of pyridine rings is 1. The third-order valence-corrected chi connectivity index (χ3v) is 9.01. The summed E-state index contributed by atoms with van der Waals surface area (Å²) in [5.74, 6) is 0.852. The summed E-state index contributed by atoms with van der Waals surface area (Å²) in [7, 11) is 0. The molecule has 0 amide bonds. The Balaban J connectivity index is 1.26. The topological polar surface area (TPSA) is 136 Å². The second kappa shape index (κ2) is 12.0. The minimum atomic E-state index is -0.240. The van der Waals surface area contributed by atoms with Gasteiger partial charge in [0, 0.05) is 60.0 Å². The molecule has 1 aromatic carbocycles. The SMILES string of the molecule is CCC(C)C(=O)c1cc2cnc(Nc3cncc(-c4cc(O)cc5c(=O)cc(N6CCOCC6)oc45)c3)nc2n1C1CCCC1. The van der Waals surface area contributed by atoms with Crippen LogP contribution in [0.4, 0.5) is 17.5 Å². The van der Waals surface area contributed by atoms with Gasteiger partial charge < -0.3 is 29.0 Å². The summed E-state index contributed by atoms with van der Waals surface area (Å²) in [5.41, 5.74) is 3.36. The maximum atomic E-state index is 13.4. The molecule has 11 nitrogen and oxygen atoms in total. The minimum absolute atomic E-state index is 0.0495. The number of fused-ring (bicyclic) bond motifs is 2. The Morgan fingerprint density at radius 3 is 2.67 bits per heavy atom. The number of nitrogens with one attached hydrogen (secondary N) is 1. The van der Waals surface area contributed by atoms with Crippen LogP contribution in [0.15, 0.2) is 58.1 Å². The van der Waals surface area contributed by atoms with Gasteiger partial charge in [-0.1, -0.05) is 26.7 Å². The van der Waals surface area contributed by atoms with Crippen molar-refractivity contribution < 1.29 is 19.1 Å². The Bertz CT molecular complexity index is 1950. The number of nitrogens with zero attached hydrogens (tertiary/aromatic N) is 5. The number of rotatable bonds is 8. The summed E-state index contributed by atoms with van der Waals surface area (Å²) in [6, 6.07) is 8.47. The molecule has 2 aliphatic rings. The molecule has 11 heteroatoms. The van der Waals surface area contributed by atoms with Crippen LogP contribution in [-0.2, 0) is 4.74 Å². The highest BCUT2D eigenvalue weighted by Gasteiger charge is 2.27. The molecule has 5 heterocycles. The number of phenolic OH excluding ortho intramolecular Hbond substituents is 1. The minimum Gasteiger partial charge on any atom is -0.508 e. The number of anilines is 3. The zero-order chi connectivity index (χ0) is 31.1. The van der Waals surface area contributed by atoms with Gasteiger partial charge in [0.2, 0.25) is 5.95 Å². The number of Topliss-reactive ketones (excluding diaryl/α,β-unsaturated/α-hetero) is 1. The second-order valence-electron chi connectivity index (χ2n) is 12.0. The van der Waals surface area contributed by atoms with Crippen molar-refractivity contribution in [1.82, 2.24) is 19.5 Å². The van der Waals surface area contributed by atoms with Crippen LogP contribution in [0.25, 0.3) is 33.1 Å². The molecule has 1 saturated carbocycles. The highest BCUT2D eigenvalue weighted by molar-refractivity contribution is 6.01. The average Bonchev–Trinajstić information content (AvgIpc) is 3.72. The fourth-order valence-electron chi connectivity index (χ4n) is 6.40. The molecule has 1 unspecified atom stereocenters.